The topological polar surface area (TPSA) is 98.0 Å². The summed E-state index contributed by atoms with van der Waals surface area (Å²) < 4.78 is 26.1. The van der Waals surface area contributed by atoms with Crippen LogP contribution in [-0.2, 0) is 10.0 Å². The molecule has 0 saturated heterocycles. The zero-order chi connectivity index (χ0) is 15.3. The van der Waals surface area contributed by atoms with Crippen LogP contribution >= 0.6 is 23.4 Å². The van der Waals surface area contributed by atoms with Gasteiger partial charge in [-0.1, -0.05) is 23.7 Å². The number of thioether (sulfide) groups is 1. The quantitative estimate of drug-likeness (QED) is 0.474. The predicted molar refractivity (Wildman–Crippen MR) is 86.0 cm³/mol. The fraction of sp³-hybridized carbons (Fsp3) is 0.167. The molecule has 0 radical (unpaired) electrons. The van der Waals surface area contributed by atoms with Crippen molar-refractivity contribution in [1.29, 1.82) is 0 Å². The second-order valence-corrected chi connectivity index (χ2v) is 7.38. The SMILES string of the molecule is Nc1ccccc1SCCS(=O)(=O)Nc1nccc(Cl)n1. The number of halogens is 1. The van der Waals surface area contributed by atoms with E-state index in [2.05, 4.69) is 14.7 Å². The molecular weight excluding hydrogens is 332 g/mol. The number of para-hydroxylation sites is 1. The molecule has 21 heavy (non-hydrogen) atoms. The standard InChI is InChI=1S/C12H13ClN4O2S2/c13-11-5-6-15-12(16-11)17-21(18,19)8-7-20-10-4-2-1-3-9(10)14/h1-6H,7-8,14H2,(H,15,16,17). The Balaban J connectivity index is 1.91. The zero-order valence-electron chi connectivity index (χ0n) is 10.9. The molecule has 0 aliphatic carbocycles. The first-order valence-electron chi connectivity index (χ1n) is 5.92. The minimum atomic E-state index is -3.53. The number of nitrogens with one attached hydrogen (secondary N) is 1. The maximum atomic E-state index is 11.9. The number of sulfonamides is 1. The fourth-order valence-corrected chi connectivity index (χ4v) is 3.90. The second-order valence-electron chi connectivity index (χ2n) is 4.01. The minimum absolute atomic E-state index is 0.0354. The lowest BCUT2D eigenvalue weighted by Gasteiger charge is -2.07. The minimum Gasteiger partial charge on any atom is -0.398 e. The molecule has 0 amide bonds. The number of benzene rings is 1. The van der Waals surface area contributed by atoms with Crippen LogP contribution in [-0.4, -0.2) is 29.9 Å². The Morgan fingerprint density at radius 3 is 2.76 bits per heavy atom. The first-order valence-corrected chi connectivity index (χ1v) is 8.94. The Morgan fingerprint density at radius 1 is 1.29 bits per heavy atom. The molecule has 6 nitrogen and oxygen atoms in total. The van der Waals surface area contributed by atoms with Crippen molar-refractivity contribution in [2.45, 2.75) is 4.90 Å². The number of hydrogen-bond acceptors (Lipinski definition) is 6. The smallest absolute Gasteiger partial charge is 0.237 e. The van der Waals surface area contributed by atoms with Gasteiger partial charge in [0.1, 0.15) is 5.15 Å². The number of nitrogen functional groups attached to an aromatic ring is 1. The van der Waals surface area contributed by atoms with Crippen molar-refractivity contribution < 1.29 is 8.42 Å². The third kappa shape index (κ3) is 5.07. The molecule has 2 aromatic rings. The van der Waals surface area contributed by atoms with Gasteiger partial charge < -0.3 is 5.73 Å². The Kier molecular flexibility index (Phi) is 5.27. The van der Waals surface area contributed by atoms with Gasteiger partial charge in [0.2, 0.25) is 16.0 Å². The summed E-state index contributed by atoms with van der Waals surface area (Å²) >= 11 is 7.05. The van der Waals surface area contributed by atoms with E-state index in [1.165, 1.54) is 24.0 Å². The van der Waals surface area contributed by atoms with Crippen molar-refractivity contribution in [1.82, 2.24) is 9.97 Å². The van der Waals surface area contributed by atoms with E-state index in [9.17, 15) is 8.42 Å². The molecule has 0 spiro atoms. The second kappa shape index (κ2) is 6.97. The number of nitrogens with zero attached hydrogens (tertiary/aromatic N) is 2. The maximum Gasteiger partial charge on any atom is 0.237 e. The van der Waals surface area contributed by atoms with Crippen LogP contribution in [0.4, 0.5) is 11.6 Å². The molecule has 0 bridgehead atoms. The van der Waals surface area contributed by atoms with Gasteiger partial charge in [-0.3, -0.25) is 4.72 Å². The lowest BCUT2D eigenvalue weighted by molar-refractivity contribution is 0.602. The van der Waals surface area contributed by atoms with Crippen LogP contribution in [0.1, 0.15) is 0 Å². The van der Waals surface area contributed by atoms with Crippen LogP contribution in [0.3, 0.4) is 0 Å². The van der Waals surface area contributed by atoms with Gasteiger partial charge in [0.25, 0.3) is 0 Å². The van der Waals surface area contributed by atoms with E-state index < -0.39 is 10.0 Å². The molecule has 2 rings (SSSR count). The van der Waals surface area contributed by atoms with Crippen molar-refractivity contribution in [2.75, 3.05) is 22.0 Å². The normalized spacial score (nSPS) is 11.3. The molecule has 0 atom stereocenters. The molecule has 112 valence electrons. The first kappa shape index (κ1) is 15.9. The predicted octanol–water partition coefficient (Wildman–Crippen LogP) is 2.25. The molecule has 0 unspecified atom stereocenters. The molecule has 3 N–H and O–H groups in total. The van der Waals surface area contributed by atoms with Crippen molar-refractivity contribution in [2.24, 2.45) is 0 Å². The molecular formula is C12H13ClN4O2S2. The van der Waals surface area contributed by atoms with Crippen molar-refractivity contribution in [3.63, 3.8) is 0 Å². The Bertz CT molecular complexity index is 725. The van der Waals surface area contributed by atoms with Crippen LogP contribution in [0.2, 0.25) is 5.15 Å². The van der Waals surface area contributed by atoms with Crippen LogP contribution < -0.4 is 10.5 Å². The molecule has 0 aliphatic heterocycles. The van der Waals surface area contributed by atoms with Gasteiger partial charge in [0.05, 0.1) is 5.75 Å². The van der Waals surface area contributed by atoms with E-state index in [4.69, 9.17) is 17.3 Å². The summed E-state index contributed by atoms with van der Waals surface area (Å²) in [5.41, 5.74) is 6.42. The fourth-order valence-electron chi connectivity index (χ4n) is 1.45. The largest absolute Gasteiger partial charge is 0.398 e. The van der Waals surface area contributed by atoms with Gasteiger partial charge in [-0.2, -0.15) is 0 Å². The van der Waals surface area contributed by atoms with E-state index in [0.29, 0.717) is 11.4 Å². The average Bonchev–Trinajstić information content (AvgIpc) is 2.40. The lowest BCUT2D eigenvalue weighted by atomic mass is 10.3. The summed E-state index contributed by atoms with van der Waals surface area (Å²) in [5, 5.41) is 0.175. The highest BCUT2D eigenvalue weighted by molar-refractivity contribution is 8.01. The molecule has 1 aromatic heterocycles. The molecule has 0 aliphatic rings. The summed E-state index contributed by atoms with van der Waals surface area (Å²) in [6.45, 7) is 0. The first-order chi connectivity index (χ1) is 9.96. The number of aromatic nitrogens is 2. The van der Waals surface area contributed by atoms with Crippen molar-refractivity contribution in [3.8, 4) is 0 Å². The van der Waals surface area contributed by atoms with Gasteiger partial charge in [-0.25, -0.2) is 18.4 Å². The summed E-state index contributed by atoms with van der Waals surface area (Å²) in [6, 6.07) is 8.77. The molecule has 9 heteroatoms. The van der Waals surface area contributed by atoms with E-state index >= 15 is 0 Å². The highest BCUT2D eigenvalue weighted by Crippen LogP contribution is 2.24. The van der Waals surface area contributed by atoms with Crippen LogP contribution in [0.25, 0.3) is 0 Å². The van der Waals surface area contributed by atoms with Gasteiger partial charge in [-0.15, -0.1) is 11.8 Å². The van der Waals surface area contributed by atoms with Crippen molar-refractivity contribution in [3.05, 3.63) is 41.7 Å². The summed E-state index contributed by atoms with van der Waals surface area (Å²) in [6.07, 6.45) is 1.38. The average molecular weight is 345 g/mol. The summed E-state index contributed by atoms with van der Waals surface area (Å²) in [7, 11) is -3.53. The molecule has 1 aromatic carbocycles. The number of anilines is 2. The maximum absolute atomic E-state index is 11.9. The van der Waals surface area contributed by atoms with Crippen LogP contribution in [0.15, 0.2) is 41.4 Å². The van der Waals surface area contributed by atoms with E-state index in [1.54, 1.807) is 6.07 Å². The van der Waals surface area contributed by atoms with Gasteiger partial charge in [-0.05, 0) is 18.2 Å². The molecule has 0 fully saturated rings. The Morgan fingerprint density at radius 2 is 2.05 bits per heavy atom. The summed E-state index contributed by atoms with van der Waals surface area (Å²) in [5.74, 6) is 0.248. The van der Waals surface area contributed by atoms with E-state index in [0.717, 1.165) is 4.90 Å². The highest BCUT2D eigenvalue weighted by atomic mass is 35.5. The van der Waals surface area contributed by atoms with Crippen LogP contribution in [0, 0.1) is 0 Å². The van der Waals surface area contributed by atoms with E-state index in [-0.39, 0.29) is 16.9 Å². The number of nitrogens with two attached hydrogens (primary N) is 1. The third-order valence-electron chi connectivity index (χ3n) is 2.40. The third-order valence-corrected chi connectivity index (χ3v) is 5.19. The highest BCUT2D eigenvalue weighted by Gasteiger charge is 2.13. The van der Waals surface area contributed by atoms with Crippen molar-refractivity contribution >= 4 is 45.0 Å². The number of hydrogen-bond donors (Lipinski definition) is 2. The van der Waals surface area contributed by atoms with Crippen LogP contribution in [0.5, 0.6) is 0 Å². The number of rotatable bonds is 6. The Labute approximate surface area is 132 Å². The molecule has 1 heterocycles. The Hall–Kier alpha value is -1.51. The van der Waals surface area contributed by atoms with Gasteiger partial charge >= 0.3 is 0 Å². The lowest BCUT2D eigenvalue weighted by Crippen LogP contribution is -2.19. The van der Waals surface area contributed by atoms with Gasteiger partial charge in [0, 0.05) is 22.5 Å². The summed E-state index contributed by atoms with van der Waals surface area (Å²) in [4.78, 5) is 8.42. The monoisotopic (exact) mass is 344 g/mol. The molecule has 0 saturated carbocycles. The van der Waals surface area contributed by atoms with Gasteiger partial charge in [0.15, 0.2) is 0 Å². The zero-order valence-corrected chi connectivity index (χ0v) is 13.2. The van der Waals surface area contributed by atoms with E-state index in [1.807, 2.05) is 18.2 Å².